The maximum Gasteiger partial charge on any atom is 0.237 e. The molecular weight excluding hydrogens is 252 g/mol. The summed E-state index contributed by atoms with van der Waals surface area (Å²) in [5, 5.41) is 12.1. The summed E-state index contributed by atoms with van der Waals surface area (Å²) in [6.07, 6.45) is 2.65. The summed E-state index contributed by atoms with van der Waals surface area (Å²) in [6.45, 7) is 3.78. The summed E-state index contributed by atoms with van der Waals surface area (Å²) < 4.78 is 0. The summed E-state index contributed by atoms with van der Waals surface area (Å²) in [5.41, 5.74) is 1.24. The minimum Gasteiger partial charge on any atom is -0.392 e. The van der Waals surface area contributed by atoms with Crippen LogP contribution in [0.25, 0.3) is 0 Å². The molecular formula is C16H24N2O2. The van der Waals surface area contributed by atoms with E-state index in [2.05, 4.69) is 22.3 Å². The van der Waals surface area contributed by atoms with Gasteiger partial charge in [-0.25, -0.2) is 0 Å². The first-order valence-corrected chi connectivity index (χ1v) is 7.40. The van der Waals surface area contributed by atoms with Crippen LogP contribution in [-0.4, -0.2) is 41.1 Å². The predicted molar refractivity (Wildman–Crippen MR) is 79.2 cm³/mol. The van der Waals surface area contributed by atoms with Crippen molar-refractivity contribution in [2.45, 2.75) is 44.9 Å². The molecule has 1 heterocycles. The second kappa shape index (κ2) is 7.41. The molecule has 1 aliphatic heterocycles. The average molecular weight is 276 g/mol. The Morgan fingerprint density at radius 1 is 1.40 bits per heavy atom. The fourth-order valence-corrected chi connectivity index (χ4v) is 2.66. The van der Waals surface area contributed by atoms with E-state index < -0.39 is 6.10 Å². The lowest BCUT2D eigenvalue weighted by Crippen LogP contribution is -2.50. The van der Waals surface area contributed by atoms with E-state index in [1.54, 1.807) is 6.92 Å². The number of piperidine rings is 1. The largest absolute Gasteiger partial charge is 0.392 e. The Morgan fingerprint density at radius 2 is 2.15 bits per heavy atom. The molecule has 1 aromatic carbocycles. The number of carbonyl (C=O) groups is 1. The zero-order chi connectivity index (χ0) is 14.4. The molecule has 4 heteroatoms. The van der Waals surface area contributed by atoms with Crippen LogP contribution in [0.1, 0.15) is 31.7 Å². The number of nitrogens with zero attached hydrogens (tertiary/aromatic N) is 1. The van der Waals surface area contributed by atoms with Crippen LogP contribution in [0.3, 0.4) is 0 Å². The molecule has 2 N–H and O–H groups in total. The second-order valence-corrected chi connectivity index (χ2v) is 5.56. The van der Waals surface area contributed by atoms with Crippen LogP contribution in [0, 0.1) is 0 Å². The van der Waals surface area contributed by atoms with Crippen molar-refractivity contribution >= 4 is 5.91 Å². The van der Waals surface area contributed by atoms with E-state index in [0.717, 1.165) is 32.4 Å². The monoisotopic (exact) mass is 276 g/mol. The van der Waals surface area contributed by atoms with Crippen LogP contribution in [0.15, 0.2) is 30.3 Å². The molecule has 0 aromatic heterocycles. The van der Waals surface area contributed by atoms with Gasteiger partial charge in [0.05, 0.1) is 12.1 Å². The third-order valence-electron chi connectivity index (χ3n) is 3.72. The van der Waals surface area contributed by atoms with Crippen molar-refractivity contribution in [3.63, 3.8) is 0 Å². The lowest BCUT2D eigenvalue weighted by atomic mass is 10.0. The highest BCUT2D eigenvalue weighted by molar-refractivity contribution is 5.81. The quantitative estimate of drug-likeness (QED) is 0.857. The fourth-order valence-electron chi connectivity index (χ4n) is 2.66. The predicted octanol–water partition coefficient (Wildman–Crippen LogP) is 1.54. The summed E-state index contributed by atoms with van der Waals surface area (Å²) >= 11 is 0. The van der Waals surface area contributed by atoms with Gasteiger partial charge in [-0.1, -0.05) is 36.8 Å². The Balaban J connectivity index is 1.96. The van der Waals surface area contributed by atoms with E-state index in [1.165, 1.54) is 5.56 Å². The van der Waals surface area contributed by atoms with Crippen molar-refractivity contribution < 1.29 is 9.90 Å². The van der Waals surface area contributed by atoms with E-state index >= 15 is 0 Å². The highest BCUT2D eigenvalue weighted by Crippen LogP contribution is 2.19. The smallest absolute Gasteiger partial charge is 0.237 e. The van der Waals surface area contributed by atoms with Gasteiger partial charge >= 0.3 is 0 Å². The molecule has 0 radical (unpaired) electrons. The van der Waals surface area contributed by atoms with Crippen molar-refractivity contribution in [2.75, 3.05) is 13.1 Å². The molecule has 110 valence electrons. The Morgan fingerprint density at radius 3 is 2.85 bits per heavy atom. The summed E-state index contributed by atoms with van der Waals surface area (Å²) in [7, 11) is 0. The van der Waals surface area contributed by atoms with Gasteiger partial charge < -0.3 is 10.4 Å². The molecule has 0 saturated carbocycles. The molecule has 1 aliphatic rings. The van der Waals surface area contributed by atoms with Gasteiger partial charge in [0.15, 0.2) is 0 Å². The Bertz CT molecular complexity index is 420. The molecule has 0 bridgehead atoms. The van der Waals surface area contributed by atoms with Crippen LogP contribution in [0.5, 0.6) is 0 Å². The van der Waals surface area contributed by atoms with Crippen LogP contribution in [0.2, 0.25) is 0 Å². The van der Waals surface area contributed by atoms with Gasteiger partial charge in [-0.15, -0.1) is 0 Å². The Kier molecular flexibility index (Phi) is 5.56. The van der Waals surface area contributed by atoms with Crippen LogP contribution >= 0.6 is 0 Å². The van der Waals surface area contributed by atoms with E-state index in [9.17, 15) is 9.90 Å². The molecule has 2 rings (SSSR count). The molecule has 0 spiro atoms. The zero-order valence-corrected chi connectivity index (χ0v) is 12.1. The molecule has 1 fully saturated rings. The van der Waals surface area contributed by atoms with Crippen molar-refractivity contribution in [3.05, 3.63) is 35.9 Å². The summed E-state index contributed by atoms with van der Waals surface area (Å²) in [6, 6.07) is 10.2. The highest BCUT2D eigenvalue weighted by atomic mass is 16.3. The number of likely N-dealkylation sites (tertiary alicyclic amines) is 1. The number of aliphatic hydroxyl groups is 1. The lowest BCUT2D eigenvalue weighted by molar-refractivity contribution is -0.128. The van der Waals surface area contributed by atoms with E-state index in [1.807, 2.05) is 18.2 Å². The van der Waals surface area contributed by atoms with Gasteiger partial charge in [0.1, 0.15) is 0 Å². The number of rotatable bonds is 5. The molecule has 2 atom stereocenters. The maximum absolute atomic E-state index is 12.2. The number of aliphatic hydroxyl groups excluding tert-OH is 1. The number of hydrogen-bond donors (Lipinski definition) is 2. The number of nitrogens with one attached hydrogen (secondary N) is 1. The number of hydrogen-bond acceptors (Lipinski definition) is 3. The topological polar surface area (TPSA) is 52.6 Å². The van der Waals surface area contributed by atoms with Gasteiger partial charge in [0.2, 0.25) is 5.91 Å². The summed E-state index contributed by atoms with van der Waals surface area (Å²) in [5.74, 6) is 0.0431. The van der Waals surface area contributed by atoms with Crippen LogP contribution < -0.4 is 5.32 Å². The van der Waals surface area contributed by atoms with Crippen molar-refractivity contribution in [2.24, 2.45) is 0 Å². The van der Waals surface area contributed by atoms with Crippen LogP contribution in [-0.2, 0) is 11.3 Å². The standard InChI is InChI=1S/C16H24N2O2/c1-13(19)11-17-16(20)15-9-5-6-10-18(15)12-14-7-3-2-4-8-14/h2-4,7-8,13,15,19H,5-6,9-12H2,1H3,(H,17,20)/t13?,15-/m0/s1. The first-order chi connectivity index (χ1) is 9.66. The Hall–Kier alpha value is -1.39. The Labute approximate surface area is 120 Å². The van der Waals surface area contributed by atoms with Gasteiger partial charge in [0, 0.05) is 13.1 Å². The van der Waals surface area contributed by atoms with Crippen molar-refractivity contribution in [1.29, 1.82) is 0 Å². The number of amides is 1. The third kappa shape index (κ3) is 4.32. The zero-order valence-electron chi connectivity index (χ0n) is 12.1. The minimum absolute atomic E-state index is 0.0431. The first-order valence-electron chi connectivity index (χ1n) is 7.40. The van der Waals surface area contributed by atoms with Crippen molar-refractivity contribution in [3.8, 4) is 0 Å². The highest BCUT2D eigenvalue weighted by Gasteiger charge is 2.28. The minimum atomic E-state index is -0.495. The van der Waals surface area contributed by atoms with Gasteiger partial charge in [-0.05, 0) is 31.9 Å². The number of carbonyl (C=O) groups excluding carboxylic acids is 1. The fraction of sp³-hybridized carbons (Fsp3) is 0.562. The third-order valence-corrected chi connectivity index (χ3v) is 3.72. The average Bonchev–Trinajstić information content (AvgIpc) is 2.46. The normalized spacial score (nSPS) is 21.4. The molecule has 1 unspecified atom stereocenters. The van der Waals surface area contributed by atoms with Crippen molar-refractivity contribution in [1.82, 2.24) is 10.2 Å². The van der Waals surface area contributed by atoms with E-state index in [0.29, 0.717) is 6.54 Å². The second-order valence-electron chi connectivity index (χ2n) is 5.56. The van der Waals surface area contributed by atoms with E-state index in [4.69, 9.17) is 0 Å². The lowest BCUT2D eigenvalue weighted by Gasteiger charge is -2.34. The van der Waals surface area contributed by atoms with Gasteiger partial charge in [-0.2, -0.15) is 0 Å². The summed E-state index contributed by atoms with van der Waals surface area (Å²) in [4.78, 5) is 14.5. The first kappa shape index (κ1) is 15.0. The van der Waals surface area contributed by atoms with Gasteiger partial charge in [-0.3, -0.25) is 9.69 Å². The maximum atomic E-state index is 12.2. The molecule has 20 heavy (non-hydrogen) atoms. The molecule has 1 amide bonds. The van der Waals surface area contributed by atoms with E-state index in [-0.39, 0.29) is 11.9 Å². The molecule has 1 saturated heterocycles. The molecule has 1 aromatic rings. The van der Waals surface area contributed by atoms with Crippen LogP contribution in [0.4, 0.5) is 0 Å². The number of benzene rings is 1. The molecule has 0 aliphatic carbocycles. The van der Waals surface area contributed by atoms with Gasteiger partial charge in [0.25, 0.3) is 0 Å². The molecule has 4 nitrogen and oxygen atoms in total. The SMILES string of the molecule is CC(O)CNC(=O)[C@@H]1CCCCN1Cc1ccccc1.